The molecule has 0 aromatic carbocycles. The van der Waals surface area contributed by atoms with Crippen molar-refractivity contribution in [3.8, 4) is 0 Å². The van der Waals surface area contributed by atoms with Crippen molar-refractivity contribution in [2.75, 3.05) is 25.0 Å². The van der Waals surface area contributed by atoms with Crippen LogP contribution in [0, 0.1) is 5.92 Å². The molecule has 5 heteroatoms. The Labute approximate surface area is 126 Å². The number of fused-ring (bicyclic) bond motifs is 4. The zero-order chi connectivity index (χ0) is 13.5. The van der Waals surface area contributed by atoms with Crippen LogP contribution in [0.2, 0.25) is 0 Å². The zero-order valence-electron chi connectivity index (χ0n) is 11.2. The van der Waals surface area contributed by atoms with Gasteiger partial charge in [0.1, 0.15) is 5.52 Å². The minimum atomic E-state index is 0.550. The molecular weight excluding hydrogens is 316 g/mol. The lowest BCUT2D eigenvalue weighted by Gasteiger charge is -2.45. The highest BCUT2D eigenvalue weighted by atomic mass is 79.9. The predicted molar refractivity (Wildman–Crippen MR) is 83.8 cm³/mol. The molecule has 2 aromatic heterocycles. The van der Waals surface area contributed by atoms with Gasteiger partial charge in [-0.3, -0.25) is 9.97 Å². The quantitative estimate of drug-likeness (QED) is 0.918. The number of nitrogens with one attached hydrogen (secondary N) is 1. The van der Waals surface area contributed by atoms with Crippen molar-refractivity contribution >= 4 is 32.7 Å². The average molecular weight is 333 g/mol. The summed E-state index contributed by atoms with van der Waals surface area (Å²) in [5.74, 6) is 0.804. The Morgan fingerprint density at radius 3 is 2.85 bits per heavy atom. The molecule has 2 bridgehead atoms. The largest absolute Gasteiger partial charge is 0.379 e. The molecule has 0 amide bonds. The lowest BCUT2D eigenvalue weighted by atomic mass is 9.84. The Kier molecular flexibility index (Phi) is 3.11. The summed E-state index contributed by atoms with van der Waals surface area (Å²) in [4.78, 5) is 11.5. The minimum Gasteiger partial charge on any atom is -0.379 e. The van der Waals surface area contributed by atoms with E-state index in [1.54, 1.807) is 0 Å². The summed E-state index contributed by atoms with van der Waals surface area (Å²) in [6, 6.07) is 4.61. The highest BCUT2D eigenvalue weighted by Gasteiger charge is 2.34. The van der Waals surface area contributed by atoms with Gasteiger partial charge < -0.3 is 10.2 Å². The molecule has 5 heterocycles. The van der Waals surface area contributed by atoms with Crippen LogP contribution in [0.1, 0.15) is 12.8 Å². The van der Waals surface area contributed by atoms with Gasteiger partial charge >= 0.3 is 0 Å². The zero-order valence-corrected chi connectivity index (χ0v) is 12.8. The summed E-state index contributed by atoms with van der Waals surface area (Å²) < 4.78 is 0.970. The third kappa shape index (κ3) is 2.19. The van der Waals surface area contributed by atoms with Crippen LogP contribution in [-0.2, 0) is 0 Å². The summed E-state index contributed by atoms with van der Waals surface area (Å²) in [5.41, 5.74) is 3.01. The SMILES string of the molecule is Brc1cnc2c(NC3CN4CCC3CC4)ccnc2c1. The number of pyridine rings is 2. The molecule has 3 saturated heterocycles. The molecule has 20 heavy (non-hydrogen) atoms. The number of hydrogen-bond donors (Lipinski definition) is 1. The van der Waals surface area contributed by atoms with Crippen molar-refractivity contribution < 1.29 is 0 Å². The first-order valence-electron chi connectivity index (χ1n) is 7.19. The van der Waals surface area contributed by atoms with Gasteiger partial charge in [0.2, 0.25) is 0 Å². The van der Waals surface area contributed by atoms with Gasteiger partial charge in [-0.2, -0.15) is 0 Å². The van der Waals surface area contributed by atoms with Crippen LogP contribution >= 0.6 is 15.9 Å². The number of aromatic nitrogens is 2. The number of rotatable bonds is 2. The van der Waals surface area contributed by atoms with E-state index in [4.69, 9.17) is 0 Å². The Hall–Kier alpha value is -1.20. The Morgan fingerprint density at radius 1 is 1.25 bits per heavy atom. The molecule has 3 fully saturated rings. The molecule has 0 spiro atoms. The smallest absolute Gasteiger partial charge is 0.112 e. The van der Waals surface area contributed by atoms with Gasteiger partial charge in [-0.05, 0) is 59.9 Å². The molecule has 2 aromatic rings. The van der Waals surface area contributed by atoms with Crippen LogP contribution in [0.5, 0.6) is 0 Å². The molecule has 0 aliphatic carbocycles. The van der Waals surface area contributed by atoms with E-state index >= 15 is 0 Å². The number of hydrogen-bond acceptors (Lipinski definition) is 4. The molecule has 1 N–H and O–H groups in total. The first-order chi connectivity index (χ1) is 9.79. The van der Waals surface area contributed by atoms with E-state index in [0.29, 0.717) is 6.04 Å². The second-order valence-electron chi connectivity index (χ2n) is 5.77. The number of nitrogens with zero attached hydrogens (tertiary/aromatic N) is 3. The van der Waals surface area contributed by atoms with Crippen molar-refractivity contribution in [3.63, 3.8) is 0 Å². The topological polar surface area (TPSA) is 41.1 Å². The van der Waals surface area contributed by atoms with Gasteiger partial charge in [0.05, 0.1) is 11.2 Å². The Balaban J connectivity index is 1.65. The van der Waals surface area contributed by atoms with E-state index in [9.17, 15) is 0 Å². The van der Waals surface area contributed by atoms with Crippen molar-refractivity contribution in [2.45, 2.75) is 18.9 Å². The van der Waals surface area contributed by atoms with Crippen LogP contribution in [0.4, 0.5) is 5.69 Å². The lowest BCUT2D eigenvalue weighted by molar-refractivity contribution is 0.0976. The normalized spacial score (nSPS) is 28.8. The number of piperidine rings is 3. The maximum absolute atomic E-state index is 4.52. The van der Waals surface area contributed by atoms with E-state index in [0.717, 1.165) is 33.7 Å². The summed E-state index contributed by atoms with van der Waals surface area (Å²) in [7, 11) is 0. The van der Waals surface area contributed by atoms with Crippen molar-refractivity contribution in [1.29, 1.82) is 0 Å². The fourth-order valence-electron chi connectivity index (χ4n) is 3.45. The fraction of sp³-hybridized carbons (Fsp3) is 0.467. The van der Waals surface area contributed by atoms with E-state index in [1.807, 2.05) is 24.5 Å². The second kappa shape index (κ2) is 4.97. The van der Waals surface area contributed by atoms with Gasteiger partial charge in [-0.15, -0.1) is 0 Å². The molecule has 3 aliphatic heterocycles. The first kappa shape index (κ1) is 12.5. The maximum atomic E-state index is 4.52. The summed E-state index contributed by atoms with van der Waals surface area (Å²) >= 11 is 3.45. The van der Waals surface area contributed by atoms with Crippen molar-refractivity contribution in [3.05, 3.63) is 29.0 Å². The van der Waals surface area contributed by atoms with Crippen LogP contribution in [0.15, 0.2) is 29.0 Å². The molecule has 1 atom stereocenters. The third-order valence-electron chi connectivity index (χ3n) is 4.54. The average Bonchev–Trinajstić information content (AvgIpc) is 2.48. The molecule has 5 rings (SSSR count). The highest BCUT2D eigenvalue weighted by molar-refractivity contribution is 9.10. The molecule has 0 saturated carbocycles. The minimum absolute atomic E-state index is 0.550. The summed E-state index contributed by atoms with van der Waals surface area (Å²) in [5, 5.41) is 3.72. The molecular formula is C15H17BrN4. The van der Waals surface area contributed by atoms with E-state index < -0.39 is 0 Å². The summed E-state index contributed by atoms with van der Waals surface area (Å²) in [6.07, 6.45) is 6.34. The molecule has 104 valence electrons. The predicted octanol–water partition coefficient (Wildman–Crippen LogP) is 2.90. The lowest BCUT2D eigenvalue weighted by Crippen LogP contribution is -2.53. The monoisotopic (exact) mass is 332 g/mol. The first-order valence-corrected chi connectivity index (χ1v) is 7.98. The third-order valence-corrected chi connectivity index (χ3v) is 4.97. The van der Waals surface area contributed by atoms with Crippen LogP contribution in [0.25, 0.3) is 11.0 Å². The highest BCUT2D eigenvalue weighted by Crippen LogP contribution is 2.31. The van der Waals surface area contributed by atoms with Gasteiger partial charge in [0.25, 0.3) is 0 Å². The van der Waals surface area contributed by atoms with Gasteiger partial charge in [0, 0.05) is 29.5 Å². The molecule has 3 aliphatic rings. The molecule has 1 unspecified atom stereocenters. The standard InChI is InChI=1S/C15H17BrN4/c16-11-7-13-15(18-8-11)12(1-4-17-13)19-14-9-20-5-2-10(14)3-6-20/h1,4,7-8,10,14H,2-3,5-6,9H2,(H,17,19). The maximum Gasteiger partial charge on any atom is 0.112 e. The van der Waals surface area contributed by atoms with Gasteiger partial charge in [-0.1, -0.05) is 0 Å². The van der Waals surface area contributed by atoms with Crippen LogP contribution in [-0.4, -0.2) is 40.5 Å². The Bertz CT molecular complexity index is 637. The van der Waals surface area contributed by atoms with Crippen molar-refractivity contribution in [1.82, 2.24) is 14.9 Å². The van der Waals surface area contributed by atoms with E-state index in [1.165, 1.54) is 25.9 Å². The fourth-order valence-corrected chi connectivity index (χ4v) is 3.77. The second-order valence-corrected chi connectivity index (χ2v) is 6.68. The molecule has 0 radical (unpaired) electrons. The van der Waals surface area contributed by atoms with E-state index in [2.05, 4.69) is 36.1 Å². The van der Waals surface area contributed by atoms with Crippen molar-refractivity contribution in [2.24, 2.45) is 5.92 Å². The molecule has 4 nitrogen and oxygen atoms in total. The number of halogens is 1. The van der Waals surface area contributed by atoms with Gasteiger partial charge in [0.15, 0.2) is 0 Å². The van der Waals surface area contributed by atoms with Crippen LogP contribution in [0.3, 0.4) is 0 Å². The van der Waals surface area contributed by atoms with E-state index in [-0.39, 0.29) is 0 Å². The Morgan fingerprint density at radius 2 is 2.10 bits per heavy atom. The summed E-state index contributed by atoms with van der Waals surface area (Å²) in [6.45, 7) is 3.70. The number of anilines is 1. The van der Waals surface area contributed by atoms with Gasteiger partial charge in [-0.25, -0.2) is 0 Å². The van der Waals surface area contributed by atoms with Crippen LogP contribution < -0.4 is 5.32 Å².